The summed E-state index contributed by atoms with van der Waals surface area (Å²) in [6.45, 7) is 1.92. The first-order valence-electron chi connectivity index (χ1n) is 10.00. The van der Waals surface area contributed by atoms with Gasteiger partial charge in [0, 0.05) is 10.8 Å². The molecule has 2 aromatic rings. The Kier molecular flexibility index (Phi) is 5.10. The molecule has 3 unspecified atom stereocenters. The first-order valence-corrected chi connectivity index (χ1v) is 10.00. The molecule has 0 saturated carbocycles. The highest BCUT2D eigenvalue weighted by molar-refractivity contribution is 5.95. The van der Waals surface area contributed by atoms with Crippen LogP contribution in [-0.4, -0.2) is 17.0 Å². The first kappa shape index (κ1) is 19.2. The summed E-state index contributed by atoms with van der Waals surface area (Å²) in [4.78, 5) is 24.7. The molecule has 0 fully saturated rings. The smallest absolute Gasteiger partial charge is 0.318 e. The Balaban J connectivity index is 1.82. The van der Waals surface area contributed by atoms with Crippen LogP contribution in [0, 0.1) is 11.8 Å². The standard InChI is InChI=1S/C25H24O4/c1-25(16-6-5-13-20(25)23(26)27)19-14-7-11-17-12-8-15-21(22(17)19)29-24(28)18-9-3-2-4-10-18/h3,5-9,11-16,18,20H,2,4,10H2,1H3,(H,26,27). The number of hydrogen-bond acceptors (Lipinski definition) is 3. The van der Waals surface area contributed by atoms with Gasteiger partial charge in [0.1, 0.15) is 5.75 Å². The number of hydrogen-bond donors (Lipinski definition) is 1. The van der Waals surface area contributed by atoms with E-state index in [0.29, 0.717) is 5.75 Å². The van der Waals surface area contributed by atoms with E-state index in [1.54, 1.807) is 18.2 Å². The summed E-state index contributed by atoms with van der Waals surface area (Å²) < 4.78 is 5.86. The Morgan fingerprint density at radius 1 is 1.10 bits per heavy atom. The van der Waals surface area contributed by atoms with Gasteiger partial charge in [0.2, 0.25) is 0 Å². The molecule has 0 amide bonds. The number of carbonyl (C=O) groups is 2. The summed E-state index contributed by atoms with van der Waals surface area (Å²) in [5, 5.41) is 11.5. The lowest BCUT2D eigenvalue weighted by Gasteiger charge is -2.34. The fourth-order valence-electron chi connectivity index (χ4n) is 4.36. The summed E-state index contributed by atoms with van der Waals surface area (Å²) >= 11 is 0. The highest BCUT2D eigenvalue weighted by Gasteiger charge is 2.39. The summed E-state index contributed by atoms with van der Waals surface area (Å²) in [6.07, 6.45) is 14.0. The monoisotopic (exact) mass is 388 g/mol. The predicted octanol–water partition coefficient (Wildman–Crippen LogP) is 5.19. The van der Waals surface area contributed by atoms with E-state index < -0.39 is 17.3 Å². The zero-order valence-corrected chi connectivity index (χ0v) is 16.4. The maximum Gasteiger partial charge on any atom is 0.318 e. The number of aliphatic carboxylic acids is 1. The van der Waals surface area contributed by atoms with Crippen LogP contribution in [0.5, 0.6) is 5.75 Å². The second-order valence-corrected chi connectivity index (χ2v) is 7.89. The van der Waals surface area contributed by atoms with Gasteiger partial charge in [0.05, 0.1) is 11.8 Å². The van der Waals surface area contributed by atoms with Crippen LogP contribution in [0.3, 0.4) is 0 Å². The third-order valence-corrected chi connectivity index (χ3v) is 5.98. The maximum atomic E-state index is 12.8. The van der Waals surface area contributed by atoms with E-state index in [9.17, 15) is 14.7 Å². The molecule has 2 aliphatic rings. The van der Waals surface area contributed by atoms with E-state index in [2.05, 4.69) is 0 Å². The van der Waals surface area contributed by atoms with Crippen molar-refractivity contribution in [3.8, 4) is 5.75 Å². The van der Waals surface area contributed by atoms with E-state index in [1.807, 2.05) is 61.6 Å². The van der Waals surface area contributed by atoms with Crippen LogP contribution in [0.15, 0.2) is 72.9 Å². The molecule has 0 spiro atoms. The molecule has 0 heterocycles. The van der Waals surface area contributed by atoms with Crippen LogP contribution in [0.1, 0.15) is 31.7 Å². The summed E-state index contributed by atoms with van der Waals surface area (Å²) in [5.41, 5.74) is 0.0819. The molecule has 0 radical (unpaired) electrons. The Labute approximate surface area is 170 Å². The van der Waals surface area contributed by atoms with Crippen molar-refractivity contribution in [2.24, 2.45) is 11.8 Å². The second kappa shape index (κ2) is 7.70. The zero-order chi connectivity index (χ0) is 20.4. The number of fused-ring (bicyclic) bond motifs is 1. The van der Waals surface area contributed by atoms with Gasteiger partial charge in [0.25, 0.3) is 0 Å². The minimum absolute atomic E-state index is 0.231. The van der Waals surface area contributed by atoms with Crippen LogP contribution in [-0.2, 0) is 15.0 Å². The highest BCUT2D eigenvalue weighted by Crippen LogP contribution is 2.43. The van der Waals surface area contributed by atoms with Gasteiger partial charge in [-0.15, -0.1) is 0 Å². The van der Waals surface area contributed by atoms with Crippen LogP contribution < -0.4 is 4.74 Å². The van der Waals surface area contributed by atoms with E-state index in [-0.39, 0.29) is 11.9 Å². The van der Waals surface area contributed by atoms with E-state index in [1.165, 1.54) is 0 Å². The van der Waals surface area contributed by atoms with Crippen molar-refractivity contribution in [2.75, 3.05) is 0 Å². The third kappa shape index (κ3) is 3.51. The largest absolute Gasteiger partial charge is 0.481 e. The summed E-state index contributed by atoms with van der Waals surface area (Å²) in [5.74, 6) is -1.60. The molecule has 0 saturated heterocycles. The Morgan fingerprint density at radius 2 is 1.90 bits per heavy atom. The lowest BCUT2D eigenvalue weighted by molar-refractivity contribution is -0.141. The number of carboxylic acids is 1. The number of carbonyl (C=O) groups excluding carboxylic acids is 1. The van der Waals surface area contributed by atoms with Gasteiger partial charge >= 0.3 is 11.9 Å². The topological polar surface area (TPSA) is 63.6 Å². The minimum Gasteiger partial charge on any atom is -0.481 e. The summed E-state index contributed by atoms with van der Waals surface area (Å²) in [6, 6.07) is 11.4. The van der Waals surface area contributed by atoms with Crippen molar-refractivity contribution in [1.29, 1.82) is 0 Å². The quantitative estimate of drug-likeness (QED) is 0.445. The van der Waals surface area contributed by atoms with Crippen molar-refractivity contribution in [1.82, 2.24) is 0 Å². The zero-order valence-electron chi connectivity index (χ0n) is 16.4. The highest BCUT2D eigenvalue weighted by atomic mass is 16.5. The van der Waals surface area contributed by atoms with Crippen molar-refractivity contribution in [3.63, 3.8) is 0 Å². The molecule has 148 valence electrons. The van der Waals surface area contributed by atoms with Crippen LogP contribution in [0.4, 0.5) is 0 Å². The predicted molar refractivity (Wildman–Crippen MR) is 113 cm³/mol. The van der Waals surface area contributed by atoms with E-state index in [4.69, 9.17) is 4.74 Å². The molecule has 3 atom stereocenters. The van der Waals surface area contributed by atoms with E-state index in [0.717, 1.165) is 35.6 Å². The number of allylic oxidation sites excluding steroid dienone is 4. The fourth-order valence-corrected chi connectivity index (χ4v) is 4.36. The van der Waals surface area contributed by atoms with Crippen LogP contribution in [0.25, 0.3) is 10.8 Å². The van der Waals surface area contributed by atoms with Crippen molar-refractivity contribution >= 4 is 22.7 Å². The van der Waals surface area contributed by atoms with Crippen molar-refractivity contribution in [2.45, 2.75) is 31.6 Å². The van der Waals surface area contributed by atoms with Gasteiger partial charge in [-0.05, 0) is 36.3 Å². The van der Waals surface area contributed by atoms with Crippen LogP contribution in [0.2, 0.25) is 0 Å². The number of benzene rings is 2. The van der Waals surface area contributed by atoms with Crippen LogP contribution >= 0.6 is 0 Å². The molecule has 4 nitrogen and oxygen atoms in total. The molecular formula is C25H24O4. The molecule has 0 bridgehead atoms. The molecular weight excluding hydrogens is 364 g/mol. The van der Waals surface area contributed by atoms with E-state index >= 15 is 0 Å². The summed E-state index contributed by atoms with van der Waals surface area (Å²) in [7, 11) is 0. The Bertz CT molecular complexity index is 1040. The maximum absolute atomic E-state index is 12.8. The van der Waals surface area contributed by atoms with Crippen molar-refractivity contribution in [3.05, 3.63) is 78.4 Å². The third-order valence-electron chi connectivity index (χ3n) is 5.98. The number of rotatable bonds is 4. The Hall–Kier alpha value is -3.14. The van der Waals surface area contributed by atoms with Gasteiger partial charge < -0.3 is 9.84 Å². The molecule has 4 rings (SSSR count). The molecule has 2 aromatic carbocycles. The van der Waals surface area contributed by atoms with Gasteiger partial charge in [-0.2, -0.15) is 0 Å². The van der Waals surface area contributed by atoms with Gasteiger partial charge in [0.15, 0.2) is 0 Å². The molecule has 29 heavy (non-hydrogen) atoms. The second-order valence-electron chi connectivity index (χ2n) is 7.89. The lowest BCUT2D eigenvalue weighted by Crippen LogP contribution is -2.36. The average Bonchev–Trinajstić information content (AvgIpc) is 2.74. The first-order chi connectivity index (χ1) is 14.0. The van der Waals surface area contributed by atoms with Gasteiger partial charge in [-0.25, -0.2) is 0 Å². The van der Waals surface area contributed by atoms with Gasteiger partial charge in [-0.1, -0.05) is 73.7 Å². The molecule has 0 aliphatic heterocycles. The normalized spacial score (nSPS) is 25.8. The SMILES string of the molecule is CC1(c2cccc3cccc(OC(=O)C4C=CCCC4)c23)C=CC=CC1C(=O)O. The molecule has 0 aromatic heterocycles. The number of esters is 1. The molecule has 4 heteroatoms. The van der Waals surface area contributed by atoms with Crippen molar-refractivity contribution < 1.29 is 19.4 Å². The lowest BCUT2D eigenvalue weighted by atomic mass is 9.68. The Morgan fingerprint density at radius 3 is 2.62 bits per heavy atom. The van der Waals surface area contributed by atoms with Gasteiger partial charge in [-0.3, -0.25) is 9.59 Å². The molecule has 2 aliphatic carbocycles. The fraction of sp³-hybridized carbons (Fsp3) is 0.280. The number of carboxylic acid groups (broad SMARTS) is 1. The molecule has 1 N–H and O–H groups in total. The minimum atomic E-state index is -0.882. The average molecular weight is 388 g/mol. The number of ether oxygens (including phenoxy) is 1.